The molecule has 0 aromatic heterocycles. The average Bonchev–Trinajstić information content (AvgIpc) is 2.35. The number of aliphatic carboxylic acids is 1. The van der Waals surface area contributed by atoms with Crippen molar-refractivity contribution in [2.24, 2.45) is 0 Å². The van der Waals surface area contributed by atoms with E-state index in [2.05, 4.69) is 11.9 Å². The van der Waals surface area contributed by atoms with Gasteiger partial charge >= 0.3 is 12.0 Å². The zero-order valence-electron chi connectivity index (χ0n) is 10.4. The minimum Gasteiger partial charge on any atom is -0.480 e. The molecule has 1 unspecified atom stereocenters. The van der Waals surface area contributed by atoms with Crippen LogP contribution in [0.5, 0.6) is 0 Å². The van der Waals surface area contributed by atoms with Crippen LogP contribution in [0, 0.1) is 0 Å². The maximum Gasteiger partial charge on any atom is 0.320 e. The highest BCUT2D eigenvalue weighted by Crippen LogP contribution is 2.07. The lowest BCUT2D eigenvalue weighted by Gasteiger charge is -2.36. The number of carboxylic acids is 1. The zero-order valence-corrected chi connectivity index (χ0v) is 11.1. The third-order valence-electron chi connectivity index (χ3n) is 2.94. The van der Waals surface area contributed by atoms with Gasteiger partial charge in [0, 0.05) is 31.2 Å². The summed E-state index contributed by atoms with van der Waals surface area (Å²) < 4.78 is 0. The van der Waals surface area contributed by atoms with E-state index >= 15 is 0 Å². The Morgan fingerprint density at radius 3 is 2.39 bits per heavy atom. The SMILES string of the molecule is C=C(Cl)CNC(=O)N1CCN(C(C)C(=O)O)CC1. The molecule has 1 heterocycles. The number of carbonyl (C=O) groups excluding carboxylic acids is 1. The Balaban J connectivity index is 2.37. The van der Waals surface area contributed by atoms with Crippen molar-refractivity contribution in [2.75, 3.05) is 32.7 Å². The van der Waals surface area contributed by atoms with Crippen molar-refractivity contribution < 1.29 is 14.7 Å². The van der Waals surface area contributed by atoms with E-state index in [4.69, 9.17) is 16.7 Å². The first-order valence-corrected chi connectivity index (χ1v) is 6.12. The van der Waals surface area contributed by atoms with Gasteiger partial charge in [0.25, 0.3) is 0 Å². The first kappa shape index (κ1) is 14.8. The summed E-state index contributed by atoms with van der Waals surface area (Å²) in [7, 11) is 0. The molecule has 0 aromatic rings. The van der Waals surface area contributed by atoms with E-state index in [9.17, 15) is 9.59 Å². The molecule has 102 valence electrons. The zero-order chi connectivity index (χ0) is 13.7. The Bertz CT molecular complexity index is 340. The number of amides is 2. The van der Waals surface area contributed by atoms with Gasteiger partial charge in [0.15, 0.2) is 0 Å². The Morgan fingerprint density at radius 2 is 1.94 bits per heavy atom. The van der Waals surface area contributed by atoms with Crippen LogP contribution in [0.25, 0.3) is 0 Å². The number of hydrogen-bond acceptors (Lipinski definition) is 3. The quantitative estimate of drug-likeness (QED) is 0.785. The van der Waals surface area contributed by atoms with Crippen LogP contribution >= 0.6 is 11.6 Å². The lowest BCUT2D eigenvalue weighted by atomic mass is 10.2. The minimum absolute atomic E-state index is 0.195. The maximum absolute atomic E-state index is 11.7. The van der Waals surface area contributed by atoms with Crippen molar-refractivity contribution in [1.29, 1.82) is 0 Å². The van der Waals surface area contributed by atoms with Crippen LogP contribution in [0.4, 0.5) is 4.79 Å². The number of urea groups is 1. The number of piperazine rings is 1. The third kappa shape index (κ3) is 4.19. The number of nitrogens with zero attached hydrogens (tertiary/aromatic N) is 2. The van der Waals surface area contributed by atoms with Gasteiger partial charge in [0.05, 0.1) is 6.54 Å². The molecule has 0 aliphatic carbocycles. The summed E-state index contributed by atoms with van der Waals surface area (Å²) in [6.45, 7) is 7.52. The highest BCUT2D eigenvalue weighted by atomic mass is 35.5. The van der Waals surface area contributed by atoms with Gasteiger partial charge in [-0.3, -0.25) is 9.69 Å². The Kier molecular flexibility index (Phi) is 5.43. The number of carboxylic acid groups (broad SMARTS) is 1. The molecular formula is C11H18ClN3O3. The Hall–Kier alpha value is -1.27. The topological polar surface area (TPSA) is 72.9 Å². The summed E-state index contributed by atoms with van der Waals surface area (Å²) in [5.74, 6) is -0.841. The van der Waals surface area contributed by atoms with Gasteiger partial charge in [-0.05, 0) is 6.92 Å². The molecule has 0 aromatic carbocycles. The lowest BCUT2D eigenvalue weighted by Crippen LogP contribution is -2.55. The smallest absolute Gasteiger partial charge is 0.320 e. The van der Waals surface area contributed by atoms with Crippen LogP contribution in [0.3, 0.4) is 0 Å². The highest BCUT2D eigenvalue weighted by molar-refractivity contribution is 6.29. The predicted molar refractivity (Wildman–Crippen MR) is 68.6 cm³/mol. The molecule has 1 aliphatic rings. The number of hydrogen-bond donors (Lipinski definition) is 2. The summed E-state index contributed by atoms with van der Waals surface area (Å²) in [5, 5.41) is 11.9. The molecule has 18 heavy (non-hydrogen) atoms. The Morgan fingerprint density at radius 1 is 1.39 bits per heavy atom. The predicted octanol–water partition coefficient (Wildman–Crippen LogP) is 0.539. The molecule has 0 bridgehead atoms. The summed E-state index contributed by atoms with van der Waals surface area (Å²) in [5.41, 5.74) is 0. The van der Waals surface area contributed by atoms with E-state index < -0.39 is 12.0 Å². The molecule has 6 nitrogen and oxygen atoms in total. The fourth-order valence-corrected chi connectivity index (χ4v) is 1.82. The lowest BCUT2D eigenvalue weighted by molar-refractivity contribution is -0.143. The van der Waals surface area contributed by atoms with Crippen molar-refractivity contribution in [2.45, 2.75) is 13.0 Å². The van der Waals surface area contributed by atoms with Gasteiger partial charge < -0.3 is 15.3 Å². The minimum atomic E-state index is -0.841. The van der Waals surface area contributed by atoms with Gasteiger partial charge in [0.2, 0.25) is 0 Å². The van der Waals surface area contributed by atoms with Crippen LogP contribution in [-0.4, -0.2) is 65.7 Å². The molecule has 0 saturated carbocycles. The normalized spacial score (nSPS) is 18.2. The van der Waals surface area contributed by atoms with Gasteiger partial charge in [-0.2, -0.15) is 0 Å². The number of rotatable bonds is 4. The van der Waals surface area contributed by atoms with Crippen LogP contribution < -0.4 is 5.32 Å². The first-order valence-electron chi connectivity index (χ1n) is 5.74. The molecule has 2 amide bonds. The van der Waals surface area contributed by atoms with Crippen LogP contribution in [0.2, 0.25) is 0 Å². The van der Waals surface area contributed by atoms with Crippen molar-refractivity contribution in [1.82, 2.24) is 15.1 Å². The van der Waals surface area contributed by atoms with Crippen molar-refractivity contribution in [3.05, 3.63) is 11.6 Å². The summed E-state index contributed by atoms with van der Waals surface area (Å²) >= 11 is 5.56. The molecule has 1 aliphatic heterocycles. The van der Waals surface area contributed by atoms with Crippen molar-refractivity contribution >= 4 is 23.6 Å². The van der Waals surface area contributed by atoms with Crippen molar-refractivity contribution in [3.8, 4) is 0 Å². The molecule has 1 fully saturated rings. The van der Waals surface area contributed by atoms with Gasteiger partial charge in [0.1, 0.15) is 6.04 Å². The number of carbonyl (C=O) groups is 2. The fourth-order valence-electron chi connectivity index (χ4n) is 1.75. The standard InChI is InChI=1S/C11H18ClN3O3/c1-8(12)7-13-11(18)15-5-3-14(4-6-15)9(2)10(16)17/h9H,1,3-7H2,2H3,(H,13,18)(H,16,17). The molecule has 1 rings (SSSR count). The monoisotopic (exact) mass is 275 g/mol. The summed E-state index contributed by atoms with van der Waals surface area (Å²) in [4.78, 5) is 26.0. The molecule has 0 radical (unpaired) electrons. The van der Waals surface area contributed by atoms with Crippen LogP contribution in [0.15, 0.2) is 11.6 Å². The summed E-state index contributed by atoms with van der Waals surface area (Å²) in [6.07, 6.45) is 0. The first-order chi connectivity index (χ1) is 8.41. The van der Waals surface area contributed by atoms with Gasteiger partial charge in [-0.25, -0.2) is 4.79 Å². The highest BCUT2D eigenvalue weighted by Gasteiger charge is 2.26. The van der Waals surface area contributed by atoms with E-state index in [1.54, 1.807) is 11.8 Å². The molecule has 1 atom stereocenters. The van der Waals surface area contributed by atoms with E-state index in [1.807, 2.05) is 4.90 Å². The van der Waals surface area contributed by atoms with E-state index in [0.29, 0.717) is 31.2 Å². The summed E-state index contributed by atoms with van der Waals surface area (Å²) in [6, 6.07) is -0.711. The molecule has 1 saturated heterocycles. The van der Waals surface area contributed by atoms with Gasteiger partial charge in [-0.15, -0.1) is 0 Å². The number of nitrogens with one attached hydrogen (secondary N) is 1. The van der Waals surface area contributed by atoms with Crippen LogP contribution in [-0.2, 0) is 4.79 Å². The van der Waals surface area contributed by atoms with E-state index in [-0.39, 0.29) is 12.6 Å². The molecule has 2 N–H and O–H groups in total. The molecule has 0 spiro atoms. The maximum atomic E-state index is 11.7. The second-order valence-electron chi connectivity index (χ2n) is 4.21. The van der Waals surface area contributed by atoms with E-state index in [1.165, 1.54) is 0 Å². The number of halogens is 1. The van der Waals surface area contributed by atoms with Gasteiger partial charge in [-0.1, -0.05) is 18.2 Å². The second-order valence-corrected chi connectivity index (χ2v) is 4.75. The average molecular weight is 276 g/mol. The van der Waals surface area contributed by atoms with Crippen molar-refractivity contribution in [3.63, 3.8) is 0 Å². The van der Waals surface area contributed by atoms with Crippen LogP contribution in [0.1, 0.15) is 6.92 Å². The second kappa shape index (κ2) is 6.61. The Labute approximate surface area is 111 Å². The van der Waals surface area contributed by atoms with E-state index in [0.717, 1.165) is 0 Å². The molecule has 7 heteroatoms. The third-order valence-corrected chi connectivity index (χ3v) is 3.07. The molecular weight excluding hydrogens is 258 g/mol. The fraction of sp³-hybridized carbons (Fsp3) is 0.636. The largest absolute Gasteiger partial charge is 0.480 e.